The largest absolute Gasteiger partial charge is 0.321 e. The number of hydrogen-bond donors (Lipinski definition) is 1. The summed E-state index contributed by atoms with van der Waals surface area (Å²) in [5.74, 6) is -0.149. The highest BCUT2D eigenvalue weighted by Crippen LogP contribution is 2.22. The van der Waals surface area contributed by atoms with Crippen LogP contribution in [0.25, 0.3) is 0 Å². The van der Waals surface area contributed by atoms with E-state index in [2.05, 4.69) is 0 Å². The molecule has 0 bridgehead atoms. The Morgan fingerprint density at radius 3 is 2.73 bits per heavy atom. The Labute approximate surface area is 99.4 Å². The van der Waals surface area contributed by atoms with Crippen molar-refractivity contribution in [3.05, 3.63) is 33.8 Å². The molecule has 82 valence electrons. The molecule has 1 aromatic rings. The quantitative estimate of drug-likeness (QED) is 0.828. The van der Waals surface area contributed by atoms with Crippen LogP contribution < -0.4 is 5.73 Å². The van der Waals surface area contributed by atoms with Gasteiger partial charge in [0.2, 0.25) is 0 Å². The molecule has 0 aliphatic heterocycles. The van der Waals surface area contributed by atoms with Crippen LogP contribution in [-0.4, -0.2) is 11.8 Å². The summed E-state index contributed by atoms with van der Waals surface area (Å²) in [4.78, 5) is 11.8. The maximum absolute atomic E-state index is 11.8. The summed E-state index contributed by atoms with van der Waals surface area (Å²) >= 11 is 11.7. The molecule has 0 aromatic heterocycles. The third-order valence-corrected chi connectivity index (χ3v) is 2.70. The van der Waals surface area contributed by atoms with E-state index in [0.29, 0.717) is 22.0 Å². The number of carbonyl (C=O) groups is 1. The van der Waals surface area contributed by atoms with Crippen molar-refractivity contribution in [3.63, 3.8) is 0 Å². The van der Waals surface area contributed by atoms with Gasteiger partial charge in [0.15, 0.2) is 5.78 Å². The normalized spacial score (nSPS) is 12.5. The van der Waals surface area contributed by atoms with Crippen LogP contribution in [0.15, 0.2) is 18.2 Å². The van der Waals surface area contributed by atoms with Crippen molar-refractivity contribution in [2.45, 2.75) is 25.8 Å². The van der Waals surface area contributed by atoms with Gasteiger partial charge in [-0.15, -0.1) is 0 Å². The predicted octanol–water partition coefficient (Wildman–Crippen LogP) is 3.30. The number of ketones is 1. The molecule has 1 unspecified atom stereocenters. The maximum Gasteiger partial charge on any atom is 0.181 e. The number of rotatable bonds is 4. The molecular weight excluding hydrogens is 233 g/mol. The fourth-order valence-electron chi connectivity index (χ4n) is 1.33. The van der Waals surface area contributed by atoms with E-state index in [-0.39, 0.29) is 5.78 Å². The van der Waals surface area contributed by atoms with Crippen LogP contribution in [0.3, 0.4) is 0 Å². The molecule has 1 rings (SSSR count). The topological polar surface area (TPSA) is 43.1 Å². The molecule has 0 amide bonds. The number of nitrogens with two attached hydrogens (primary N) is 1. The van der Waals surface area contributed by atoms with Crippen LogP contribution >= 0.6 is 23.2 Å². The molecule has 0 spiro atoms. The minimum absolute atomic E-state index is 0.149. The third kappa shape index (κ3) is 3.20. The lowest BCUT2D eigenvalue weighted by atomic mass is 10.0. The zero-order valence-corrected chi connectivity index (χ0v) is 9.98. The Hall–Kier alpha value is -0.570. The maximum atomic E-state index is 11.8. The highest BCUT2D eigenvalue weighted by atomic mass is 35.5. The number of carbonyl (C=O) groups excluding carboxylic acids is 1. The van der Waals surface area contributed by atoms with E-state index >= 15 is 0 Å². The van der Waals surface area contributed by atoms with Gasteiger partial charge in [0.25, 0.3) is 0 Å². The molecule has 4 heteroatoms. The smallest absolute Gasteiger partial charge is 0.181 e. The summed E-state index contributed by atoms with van der Waals surface area (Å²) < 4.78 is 0. The van der Waals surface area contributed by atoms with Crippen LogP contribution in [-0.2, 0) is 0 Å². The lowest BCUT2D eigenvalue weighted by Crippen LogP contribution is -2.30. The number of Topliss-reactive ketones (excluding diaryl/α,β-unsaturated/α-hetero) is 1. The van der Waals surface area contributed by atoms with Gasteiger partial charge in [-0.1, -0.05) is 36.5 Å². The lowest BCUT2D eigenvalue weighted by molar-refractivity contribution is 0.0957. The van der Waals surface area contributed by atoms with Crippen molar-refractivity contribution < 1.29 is 4.79 Å². The molecular formula is C11H13Cl2NO. The summed E-state index contributed by atoms with van der Waals surface area (Å²) in [5, 5.41) is 0.891. The molecule has 0 saturated carbocycles. The standard InChI is InChI=1S/C11H13Cl2NO/c1-2-3-10(14)11(15)8-6-7(12)4-5-9(8)13/h4-6,10H,2-3,14H2,1H3. The van der Waals surface area contributed by atoms with E-state index in [9.17, 15) is 4.79 Å². The van der Waals surface area contributed by atoms with Crippen molar-refractivity contribution in [3.8, 4) is 0 Å². The Bertz CT molecular complexity index is 366. The second-order valence-electron chi connectivity index (χ2n) is 3.38. The molecule has 0 aliphatic carbocycles. The fourth-order valence-corrected chi connectivity index (χ4v) is 1.71. The fraction of sp³-hybridized carbons (Fsp3) is 0.364. The monoisotopic (exact) mass is 245 g/mol. The summed E-state index contributed by atoms with van der Waals surface area (Å²) in [5.41, 5.74) is 6.13. The van der Waals surface area contributed by atoms with E-state index in [1.54, 1.807) is 18.2 Å². The molecule has 0 heterocycles. The van der Waals surface area contributed by atoms with Crippen LogP contribution in [0.2, 0.25) is 10.0 Å². The van der Waals surface area contributed by atoms with Gasteiger partial charge in [-0.25, -0.2) is 0 Å². The van der Waals surface area contributed by atoms with Gasteiger partial charge < -0.3 is 5.73 Å². The molecule has 0 saturated heterocycles. The zero-order valence-electron chi connectivity index (χ0n) is 8.47. The van der Waals surface area contributed by atoms with E-state index in [0.717, 1.165) is 6.42 Å². The van der Waals surface area contributed by atoms with E-state index in [1.807, 2.05) is 6.92 Å². The van der Waals surface area contributed by atoms with Crippen molar-refractivity contribution in [2.24, 2.45) is 5.73 Å². The number of hydrogen-bond acceptors (Lipinski definition) is 2. The molecule has 1 atom stereocenters. The summed E-state index contributed by atoms with van der Waals surface area (Å²) in [7, 11) is 0. The first kappa shape index (κ1) is 12.5. The molecule has 0 radical (unpaired) electrons. The minimum atomic E-state index is -0.494. The average Bonchev–Trinajstić information content (AvgIpc) is 2.21. The Morgan fingerprint density at radius 1 is 1.47 bits per heavy atom. The van der Waals surface area contributed by atoms with Crippen LogP contribution in [0, 0.1) is 0 Å². The Balaban J connectivity index is 2.95. The Morgan fingerprint density at radius 2 is 2.13 bits per heavy atom. The predicted molar refractivity (Wildman–Crippen MR) is 63.7 cm³/mol. The van der Waals surface area contributed by atoms with E-state index in [1.165, 1.54) is 0 Å². The van der Waals surface area contributed by atoms with Gasteiger partial charge >= 0.3 is 0 Å². The molecule has 2 nitrogen and oxygen atoms in total. The summed E-state index contributed by atoms with van der Waals surface area (Å²) in [6, 6.07) is 4.31. The van der Waals surface area contributed by atoms with E-state index < -0.39 is 6.04 Å². The second-order valence-corrected chi connectivity index (χ2v) is 4.23. The van der Waals surface area contributed by atoms with Crippen molar-refractivity contribution in [2.75, 3.05) is 0 Å². The van der Waals surface area contributed by atoms with Crippen LogP contribution in [0.4, 0.5) is 0 Å². The summed E-state index contributed by atoms with van der Waals surface area (Å²) in [6.07, 6.45) is 1.52. The first-order chi connectivity index (χ1) is 7.06. The van der Waals surface area contributed by atoms with Gasteiger partial charge in [-0.3, -0.25) is 4.79 Å². The lowest BCUT2D eigenvalue weighted by Gasteiger charge is -2.10. The third-order valence-electron chi connectivity index (χ3n) is 2.13. The zero-order chi connectivity index (χ0) is 11.4. The van der Waals surface area contributed by atoms with Crippen molar-refractivity contribution in [1.29, 1.82) is 0 Å². The number of benzene rings is 1. The Kier molecular flexibility index (Phi) is 4.58. The van der Waals surface area contributed by atoms with Gasteiger partial charge in [0.05, 0.1) is 11.1 Å². The highest BCUT2D eigenvalue weighted by Gasteiger charge is 2.17. The minimum Gasteiger partial charge on any atom is -0.321 e. The molecule has 2 N–H and O–H groups in total. The van der Waals surface area contributed by atoms with Gasteiger partial charge in [-0.05, 0) is 24.6 Å². The first-order valence-corrected chi connectivity index (χ1v) is 5.56. The molecule has 1 aromatic carbocycles. The van der Waals surface area contributed by atoms with Gasteiger partial charge in [-0.2, -0.15) is 0 Å². The van der Waals surface area contributed by atoms with Gasteiger partial charge in [0, 0.05) is 10.6 Å². The molecule has 0 aliphatic rings. The first-order valence-electron chi connectivity index (χ1n) is 4.81. The summed E-state index contributed by atoms with van der Waals surface area (Å²) in [6.45, 7) is 1.98. The molecule has 15 heavy (non-hydrogen) atoms. The SMILES string of the molecule is CCCC(N)C(=O)c1cc(Cl)ccc1Cl. The van der Waals surface area contributed by atoms with Crippen LogP contribution in [0.1, 0.15) is 30.1 Å². The van der Waals surface area contributed by atoms with Crippen LogP contribution in [0.5, 0.6) is 0 Å². The molecule has 0 fully saturated rings. The van der Waals surface area contributed by atoms with Crippen molar-refractivity contribution >= 4 is 29.0 Å². The van der Waals surface area contributed by atoms with Crippen molar-refractivity contribution in [1.82, 2.24) is 0 Å². The van der Waals surface area contributed by atoms with E-state index in [4.69, 9.17) is 28.9 Å². The van der Waals surface area contributed by atoms with Gasteiger partial charge in [0.1, 0.15) is 0 Å². The average molecular weight is 246 g/mol. The second kappa shape index (κ2) is 5.50. The number of halogens is 2. The highest BCUT2D eigenvalue weighted by molar-refractivity contribution is 6.36.